The van der Waals surface area contributed by atoms with Crippen LogP contribution in [0.25, 0.3) is 0 Å². The first-order valence-corrected chi connectivity index (χ1v) is 6.20. The van der Waals surface area contributed by atoms with E-state index < -0.39 is 17.3 Å². The van der Waals surface area contributed by atoms with Crippen LogP contribution in [0.15, 0.2) is 0 Å². The second-order valence-electron chi connectivity index (χ2n) is 4.11. The number of carbonyl (C=O) groups is 4. The van der Waals surface area contributed by atoms with Crippen LogP contribution in [0.5, 0.6) is 0 Å². The molecule has 0 radical (unpaired) electrons. The average Bonchev–Trinajstić information content (AvgIpc) is 2.35. The lowest BCUT2D eigenvalue weighted by molar-refractivity contribution is -0.145. The summed E-state index contributed by atoms with van der Waals surface area (Å²) in [6.45, 7) is 2.15. The van der Waals surface area contributed by atoms with Gasteiger partial charge >= 0.3 is 0 Å². The number of ketones is 3. The molecule has 0 aromatic rings. The molecule has 0 bridgehead atoms. The molecule has 0 amide bonds. The fourth-order valence-corrected chi connectivity index (χ4v) is 1.55. The van der Waals surface area contributed by atoms with Gasteiger partial charge in [0.2, 0.25) is 5.78 Å². The molecule has 4 nitrogen and oxygen atoms in total. The van der Waals surface area contributed by atoms with E-state index in [0.29, 0.717) is 6.42 Å². The first-order chi connectivity index (χ1) is 8.13. The predicted octanol–water partition coefficient (Wildman–Crippen LogP) is 2.03. The average molecular weight is 240 g/mol. The number of aldehydes is 1. The molecule has 96 valence electrons. The van der Waals surface area contributed by atoms with Gasteiger partial charge in [0.15, 0.2) is 6.29 Å². The molecule has 0 rings (SSSR count). The van der Waals surface area contributed by atoms with Gasteiger partial charge in [-0.25, -0.2) is 0 Å². The molecule has 17 heavy (non-hydrogen) atoms. The van der Waals surface area contributed by atoms with E-state index in [2.05, 4.69) is 6.92 Å². The maximum absolute atomic E-state index is 11.1. The van der Waals surface area contributed by atoms with E-state index in [9.17, 15) is 19.2 Å². The molecule has 0 aliphatic heterocycles. The number of Topliss-reactive ketones (excluding diaryl/α,β-unsaturated/α-hetero) is 3. The lowest BCUT2D eigenvalue weighted by Crippen LogP contribution is -2.24. The molecule has 0 unspecified atom stereocenters. The second-order valence-corrected chi connectivity index (χ2v) is 4.11. The van der Waals surface area contributed by atoms with Crippen molar-refractivity contribution in [3.05, 3.63) is 0 Å². The van der Waals surface area contributed by atoms with Crippen molar-refractivity contribution in [3.63, 3.8) is 0 Å². The quantitative estimate of drug-likeness (QED) is 0.240. The van der Waals surface area contributed by atoms with Gasteiger partial charge in [-0.2, -0.15) is 0 Å². The number of hydrogen-bond acceptors (Lipinski definition) is 4. The Bertz CT molecular complexity index is 281. The van der Waals surface area contributed by atoms with Crippen molar-refractivity contribution in [1.82, 2.24) is 0 Å². The summed E-state index contributed by atoms with van der Waals surface area (Å²) in [7, 11) is 0. The van der Waals surface area contributed by atoms with E-state index in [0.717, 1.165) is 19.3 Å². The van der Waals surface area contributed by atoms with Gasteiger partial charge in [-0.1, -0.05) is 45.4 Å². The van der Waals surface area contributed by atoms with Gasteiger partial charge in [0.1, 0.15) is 0 Å². The lowest BCUT2D eigenvalue weighted by atomic mass is 10.0. The van der Waals surface area contributed by atoms with E-state index in [1.165, 1.54) is 19.3 Å². The van der Waals surface area contributed by atoms with Crippen molar-refractivity contribution in [2.45, 2.75) is 58.3 Å². The molecule has 0 aromatic heterocycles. The van der Waals surface area contributed by atoms with Crippen LogP contribution >= 0.6 is 0 Å². The van der Waals surface area contributed by atoms with Gasteiger partial charge in [0.25, 0.3) is 11.6 Å². The predicted molar refractivity (Wildman–Crippen MR) is 63.7 cm³/mol. The monoisotopic (exact) mass is 240 g/mol. The summed E-state index contributed by atoms with van der Waals surface area (Å²) in [5, 5.41) is 0. The zero-order chi connectivity index (χ0) is 13.1. The van der Waals surface area contributed by atoms with Gasteiger partial charge in [0, 0.05) is 6.42 Å². The highest BCUT2D eigenvalue weighted by Gasteiger charge is 2.20. The zero-order valence-electron chi connectivity index (χ0n) is 10.4. The molecular weight excluding hydrogens is 220 g/mol. The van der Waals surface area contributed by atoms with Crippen LogP contribution in [-0.2, 0) is 19.2 Å². The number of hydrogen-bond donors (Lipinski definition) is 0. The van der Waals surface area contributed by atoms with Gasteiger partial charge < -0.3 is 0 Å². The van der Waals surface area contributed by atoms with E-state index in [1.54, 1.807) is 0 Å². The first-order valence-electron chi connectivity index (χ1n) is 6.20. The molecular formula is C13H20O4. The SMILES string of the molecule is CCCCCCCCCC(=O)C(=O)C(=O)C=O. The topological polar surface area (TPSA) is 68.3 Å². The minimum absolute atomic E-state index is 0.0756. The molecule has 0 fully saturated rings. The van der Waals surface area contributed by atoms with E-state index >= 15 is 0 Å². The molecule has 0 aliphatic rings. The Labute approximate surface area is 102 Å². The molecule has 0 atom stereocenters. The summed E-state index contributed by atoms with van der Waals surface area (Å²) < 4.78 is 0. The van der Waals surface area contributed by atoms with E-state index in [1.807, 2.05) is 0 Å². The van der Waals surface area contributed by atoms with Crippen LogP contribution in [0.2, 0.25) is 0 Å². The van der Waals surface area contributed by atoms with Crippen molar-refractivity contribution in [1.29, 1.82) is 0 Å². The Kier molecular flexibility index (Phi) is 9.11. The first kappa shape index (κ1) is 15.7. The van der Waals surface area contributed by atoms with Gasteiger partial charge in [0.05, 0.1) is 0 Å². The summed E-state index contributed by atoms with van der Waals surface area (Å²) in [6.07, 6.45) is 7.28. The van der Waals surface area contributed by atoms with Crippen molar-refractivity contribution >= 4 is 23.6 Å². The maximum Gasteiger partial charge on any atom is 0.271 e. The van der Waals surface area contributed by atoms with Gasteiger partial charge in [-0.3, -0.25) is 19.2 Å². The Morgan fingerprint density at radius 1 is 0.882 bits per heavy atom. The molecule has 0 N–H and O–H groups in total. The highest BCUT2D eigenvalue weighted by atomic mass is 16.2. The summed E-state index contributed by atoms with van der Waals surface area (Å²) in [5.41, 5.74) is 0. The molecule has 0 spiro atoms. The molecule has 0 heterocycles. The fourth-order valence-electron chi connectivity index (χ4n) is 1.55. The molecule has 0 saturated heterocycles. The highest BCUT2D eigenvalue weighted by molar-refractivity contribution is 6.74. The maximum atomic E-state index is 11.1. The summed E-state index contributed by atoms with van der Waals surface area (Å²) in [5.74, 6) is -3.15. The largest absolute Gasteiger partial charge is 0.294 e. The van der Waals surface area contributed by atoms with Crippen LogP contribution in [0.3, 0.4) is 0 Å². The Morgan fingerprint density at radius 2 is 1.41 bits per heavy atom. The minimum atomic E-state index is -1.24. The molecule has 0 aliphatic carbocycles. The fraction of sp³-hybridized carbons (Fsp3) is 0.692. The van der Waals surface area contributed by atoms with Gasteiger partial charge in [-0.15, -0.1) is 0 Å². The van der Waals surface area contributed by atoms with Crippen LogP contribution < -0.4 is 0 Å². The third-order valence-electron chi connectivity index (χ3n) is 2.59. The molecule has 4 heteroatoms. The number of carbonyl (C=O) groups excluding carboxylic acids is 4. The van der Waals surface area contributed by atoms with E-state index in [-0.39, 0.29) is 12.7 Å². The normalized spacial score (nSPS) is 9.94. The van der Waals surface area contributed by atoms with Crippen molar-refractivity contribution < 1.29 is 19.2 Å². The van der Waals surface area contributed by atoms with Gasteiger partial charge in [-0.05, 0) is 6.42 Å². The van der Waals surface area contributed by atoms with Crippen molar-refractivity contribution in [2.75, 3.05) is 0 Å². The second kappa shape index (κ2) is 9.87. The van der Waals surface area contributed by atoms with Crippen molar-refractivity contribution in [3.8, 4) is 0 Å². The minimum Gasteiger partial charge on any atom is -0.294 e. The smallest absolute Gasteiger partial charge is 0.271 e. The molecule has 0 saturated carbocycles. The van der Waals surface area contributed by atoms with E-state index in [4.69, 9.17) is 0 Å². The Morgan fingerprint density at radius 3 is 1.94 bits per heavy atom. The number of unbranched alkanes of at least 4 members (excludes halogenated alkanes) is 6. The highest BCUT2D eigenvalue weighted by Crippen LogP contribution is 2.08. The third kappa shape index (κ3) is 7.55. The van der Waals surface area contributed by atoms with Crippen LogP contribution in [0.4, 0.5) is 0 Å². The van der Waals surface area contributed by atoms with Crippen LogP contribution in [0, 0.1) is 0 Å². The summed E-state index contributed by atoms with van der Waals surface area (Å²) in [6, 6.07) is 0. The molecule has 0 aromatic carbocycles. The van der Waals surface area contributed by atoms with Crippen LogP contribution in [-0.4, -0.2) is 23.6 Å². The third-order valence-corrected chi connectivity index (χ3v) is 2.59. The standard InChI is InChI=1S/C13H20O4/c1-2-3-4-5-6-7-8-9-11(15)13(17)12(16)10-14/h10H,2-9H2,1H3. The Hall–Kier alpha value is -1.32. The van der Waals surface area contributed by atoms with Crippen LogP contribution in [0.1, 0.15) is 58.3 Å². The Balaban J connectivity index is 3.55. The number of rotatable bonds is 11. The summed E-state index contributed by atoms with van der Waals surface area (Å²) >= 11 is 0. The lowest BCUT2D eigenvalue weighted by Gasteiger charge is -1.99. The summed E-state index contributed by atoms with van der Waals surface area (Å²) in [4.78, 5) is 42.7. The zero-order valence-corrected chi connectivity index (χ0v) is 10.4. The van der Waals surface area contributed by atoms with Crippen molar-refractivity contribution in [2.24, 2.45) is 0 Å².